The number of carbonyl (C=O) groups excluding carboxylic acids is 1. The Hall–Kier alpha value is -2.02. The molecule has 0 aliphatic carbocycles. The van der Waals surface area contributed by atoms with Crippen LogP contribution in [-0.2, 0) is 0 Å². The van der Waals surface area contributed by atoms with E-state index in [1.165, 1.54) is 12.1 Å². The molecule has 0 aliphatic rings. The van der Waals surface area contributed by atoms with Gasteiger partial charge in [-0.2, -0.15) is 0 Å². The molecule has 0 saturated carbocycles. The summed E-state index contributed by atoms with van der Waals surface area (Å²) in [6.45, 7) is 0. The Balaban J connectivity index is 2.38. The fourth-order valence-electron chi connectivity index (χ4n) is 1.55. The van der Waals surface area contributed by atoms with Crippen LogP contribution < -0.4 is 11.1 Å². The van der Waals surface area contributed by atoms with E-state index in [-0.39, 0.29) is 11.4 Å². The zero-order valence-electron chi connectivity index (χ0n) is 9.88. The number of hydrogen-bond donors (Lipinski definition) is 2. The fourth-order valence-corrected chi connectivity index (χ4v) is 1.90. The Morgan fingerprint density at radius 2 is 1.85 bits per heavy atom. The third-order valence-corrected chi connectivity index (χ3v) is 3.22. The molecule has 0 heterocycles. The molecule has 3 N–H and O–H groups in total. The lowest BCUT2D eigenvalue weighted by atomic mass is 10.1. The molecule has 0 aromatic heterocycles. The zero-order valence-corrected chi connectivity index (χ0v) is 11.5. The molecule has 2 aromatic carbocycles. The van der Waals surface area contributed by atoms with Crippen LogP contribution in [0.2, 0.25) is 0 Å². The lowest BCUT2D eigenvalue weighted by Crippen LogP contribution is -2.17. The number of halogens is 4. The average Bonchev–Trinajstić information content (AvgIpc) is 2.39. The molecule has 0 aliphatic heterocycles. The lowest BCUT2D eigenvalue weighted by molar-refractivity contribution is 0.101. The first kappa shape index (κ1) is 14.4. The Morgan fingerprint density at radius 3 is 2.55 bits per heavy atom. The van der Waals surface area contributed by atoms with Crippen molar-refractivity contribution in [1.82, 2.24) is 0 Å². The normalized spacial score (nSPS) is 10.4. The van der Waals surface area contributed by atoms with E-state index in [0.29, 0.717) is 4.47 Å². The third kappa shape index (κ3) is 2.77. The van der Waals surface area contributed by atoms with Crippen LogP contribution in [0.15, 0.2) is 34.8 Å². The minimum absolute atomic E-state index is 0.0521. The van der Waals surface area contributed by atoms with Crippen molar-refractivity contribution in [2.24, 2.45) is 0 Å². The standard InChI is InChI=1S/C13H8BrF3N2O/c14-7-2-1-6(15)5-10(7)19-13(20)11-8(16)3-4-9(18)12(11)17/h1-5H,18H2,(H,19,20). The summed E-state index contributed by atoms with van der Waals surface area (Å²) in [5.41, 5.74) is 4.17. The highest BCUT2D eigenvalue weighted by Gasteiger charge is 2.20. The van der Waals surface area contributed by atoms with Gasteiger partial charge in [0.25, 0.3) is 5.91 Å². The molecule has 1 amide bonds. The van der Waals surface area contributed by atoms with Crippen molar-refractivity contribution in [2.75, 3.05) is 11.1 Å². The maximum absolute atomic E-state index is 13.7. The quantitative estimate of drug-likeness (QED) is 0.816. The van der Waals surface area contributed by atoms with E-state index in [9.17, 15) is 18.0 Å². The molecular formula is C13H8BrF3N2O. The van der Waals surface area contributed by atoms with E-state index < -0.39 is 28.9 Å². The molecule has 0 bridgehead atoms. The van der Waals surface area contributed by atoms with Gasteiger partial charge in [-0.1, -0.05) is 0 Å². The molecule has 0 saturated heterocycles. The number of anilines is 2. The predicted octanol–water partition coefficient (Wildman–Crippen LogP) is 3.70. The smallest absolute Gasteiger partial charge is 0.261 e. The summed E-state index contributed by atoms with van der Waals surface area (Å²) >= 11 is 3.09. The lowest BCUT2D eigenvalue weighted by Gasteiger charge is -2.10. The summed E-state index contributed by atoms with van der Waals surface area (Å²) in [6, 6.07) is 5.44. The Morgan fingerprint density at radius 1 is 1.15 bits per heavy atom. The summed E-state index contributed by atoms with van der Waals surface area (Å²) < 4.78 is 40.7. The van der Waals surface area contributed by atoms with Gasteiger partial charge in [0.15, 0.2) is 5.82 Å². The van der Waals surface area contributed by atoms with Gasteiger partial charge in [-0.05, 0) is 46.3 Å². The highest BCUT2D eigenvalue weighted by molar-refractivity contribution is 9.10. The van der Waals surface area contributed by atoms with Crippen LogP contribution in [-0.4, -0.2) is 5.91 Å². The van der Waals surface area contributed by atoms with E-state index in [4.69, 9.17) is 5.73 Å². The van der Waals surface area contributed by atoms with Crippen LogP contribution in [0, 0.1) is 17.5 Å². The summed E-state index contributed by atoms with van der Waals surface area (Å²) in [5, 5.41) is 2.21. The molecule has 0 spiro atoms. The predicted molar refractivity (Wildman–Crippen MR) is 72.8 cm³/mol. The number of carbonyl (C=O) groups is 1. The van der Waals surface area contributed by atoms with Gasteiger partial charge in [-0.3, -0.25) is 4.79 Å². The monoisotopic (exact) mass is 344 g/mol. The average molecular weight is 345 g/mol. The largest absolute Gasteiger partial charge is 0.396 e. The zero-order chi connectivity index (χ0) is 14.9. The minimum atomic E-state index is -1.16. The Bertz CT molecular complexity index is 692. The first-order valence-corrected chi connectivity index (χ1v) is 6.19. The first-order chi connectivity index (χ1) is 9.40. The number of nitrogen functional groups attached to an aromatic ring is 1. The van der Waals surface area contributed by atoms with Gasteiger partial charge < -0.3 is 11.1 Å². The molecule has 2 aromatic rings. The topological polar surface area (TPSA) is 55.1 Å². The number of amides is 1. The Kier molecular flexibility index (Phi) is 3.99. The van der Waals surface area contributed by atoms with Crippen LogP contribution in [0.5, 0.6) is 0 Å². The van der Waals surface area contributed by atoms with Crippen LogP contribution in [0.4, 0.5) is 24.5 Å². The van der Waals surface area contributed by atoms with Gasteiger partial charge in [-0.15, -0.1) is 0 Å². The van der Waals surface area contributed by atoms with Crippen molar-refractivity contribution in [2.45, 2.75) is 0 Å². The van der Waals surface area contributed by atoms with Gasteiger partial charge >= 0.3 is 0 Å². The van der Waals surface area contributed by atoms with Crippen molar-refractivity contribution in [3.63, 3.8) is 0 Å². The number of hydrogen-bond acceptors (Lipinski definition) is 2. The first-order valence-electron chi connectivity index (χ1n) is 5.40. The molecule has 3 nitrogen and oxygen atoms in total. The van der Waals surface area contributed by atoms with Gasteiger partial charge in [-0.25, -0.2) is 13.2 Å². The molecule has 2 rings (SSSR count). The van der Waals surface area contributed by atoms with Crippen LogP contribution in [0.1, 0.15) is 10.4 Å². The second-order valence-corrected chi connectivity index (χ2v) is 4.76. The van der Waals surface area contributed by atoms with Crippen LogP contribution in [0.3, 0.4) is 0 Å². The highest BCUT2D eigenvalue weighted by atomic mass is 79.9. The van der Waals surface area contributed by atoms with E-state index in [1.807, 2.05) is 0 Å². The number of benzene rings is 2. The third-order valence-electron chi connectivity index (χ3n) is 2.52. The SMILES string of the molecule is Nc1ccc(F)c(C(=O)Nc2cc(F)ccc2Br)c1F. The van der Waals surface area contributed by atoms with E-state index in [2.05, 4.69) is 21.2 Å². The molecular weight excluding hydrogens is 337 g/mol. The molecule has 104 valence electrons. The fraction of sp³-hybridized carbons (Fsp3) is 0. The molecule has 0 radical (unpaired) electrons. The molecule has 7 heteroatoms. The Labute approximate surface area is 120 Å². The molecule has 0 fully saturated rings. The second-order valence-electron chi connectivity index (χ2n) is 3.90. The summed E-state index contributed by atoms with van der Waals surface area (Å²) in [4.78, 5) is 11.9. The van der Waals surface area contributed by atoms with Crippen molar-refractivity contribution in [3.05, 3.63) is 57.8 Å². The van der Waals surface area contributed by atoms with Gasteiger partial charge in [0.2, 0.25) is 0 Å². The summed E-state index contributed by atoms with van der Waals surface area (Å²) in [5.74, 6) is -3.87. The number of nitrogens with one attached hydrogen (secondary N) is 1. The minimum Gasteiger partial charge on any atom is -0.396 e. The summed E-state index contributed by atoms with van der Waals surface area (Å²) in [7, 11) is 0. The molecule has 0 unspecified atom stereocenters. The van der Waals surface area contributed by atoms with Gasteiger partial charge in [0.05, 0.1) is 11.4 Å². The van der Waals surface area contributed by atoms with Crippen molar-refractivity contribution in [3.8, 4) is 0 Å². The maximum Gasteiger partial charge on any atom is 0.261 e. The summed E-state index contributed by atoms with van der Waals surface area (Å²) in [6.07, 6.45) is 0. The van der Waals surface area contributed by atoms with E-state index >= 15 is 0 Å². The van der Waals surface area contributed by atoms with Gasteiger partial charge in [0, 0.05) is 4.47 Å². The number of rotatable bonds is 2. The number of nitrogens with two attached hydrogens (primary N) is 1. The van der Waals surface area contributed by atoms with E-state index in [0.717, 1.165) is 18.2 Å². The van der Waals surface area contributed by atoms with Crippen LogP contribution in [0.25, 0.3) is 0 Å². The van der Waals surface area contributed by atoms with E-state index in [1.54, 1.807) is 0 Å². The van der Waals surface area contributed by atoms with Crippen LogP contribution >= 0.6 is 15.9 Å². The second kappa shape index (κ2) is 5.54. The van der Waals surface area contributed by atoms with Crippen molar-refractivity contribution in [1.29, 1.82) is 0 Å². The van der Waals surface area contributed by atoms with Gasteiger partial charge in [0.1, 0.15) is 17.2 Å². The molecule has 20 heavy (non-hydrogen) atoms. The van der Waals surface area contributed by atoms with Crippen molar-refractivity contribution >= 4 is 33.2 Å². The van der Waals surface area contributed by atoms with Crippen molar-refractivity contribution < 1.29 is 18.0 Å². The highest BCUT2D eigenvalue weighted by Crippen LogP contribution is 2.25. The maximum atomic E-state index is 13.7. The molecule has 0 atom stereocenters.